The number of hydrogen-bond donors (Lipinski definition) is 3. The third-order valence-electron chi connectivity index (χ3n) is 6.98. The monoisotopic (exact) mass is 488 g/mol. The minimum atomic E-state index is -0.218. The summed E-state index contributed by atoms with van der Waals surface area (Å²) in [5, 5.41) is 4.04. The summed E-state index contributed by atoms with van der Waals surface area (Å²) in [5.41, 5.74) is 4.84. The number of aryl methyl sites for hydroxylation is 1. The highest BCUT2D eigenvalue weighted by Crippen LogP contribution is 2.38. The molecule has 1 atom stereocenters. The van der Waals surface area contributed by atoms with E-state index in [9.17, 15) is 4.79 Å². The molecule has 1 amide bonds. The molecule has 5 rings (SSSR count). The molecule has 1 saturated heterocycles. The minimum Gasteiger partial charge on any atom is -0.459 e. The van der Waals surface area contributed by atoms with Crippen LogP contribution in [0, 0.1) is 13.8 Å². The maximum Gasteiger partial charge on any atom is 0.291 e. The molecule has 3 aromatic heterocycles. The number of carbonyl (C=O) groups is 1. The van der Waals surface area contributed by atoms with Crippen LogP contribution in [0.5, 0.6) is 0 Å². The van der Waals surface area contributed by atoms with Crippen molar-refractivity contribution in [1.29, 1.82) is 0 Å². The van der Waals surface area contributed by atoms with Gasteiger partial charge in [0.15, 0.2) is 11.8 Å². The molecular formula is C28H32N4O2S+2. The normalized spacial score (nSPS) is 18.8. The summed E-state index contributed by atoms with van der Waals surface area (Å²) in [4.78, 5) is 22.0. The first-order chi connectivity index (χ1) is 17.1. The first-order valence-electron chi connectivity index (χ1n) is 12.2. The predicted octanol–water partition coefficient (Wildman–Crippen LogP) is 2.68. The van der Waals surface area contributed by atoms with E-state index in [0.29, 0.717) is 5.76 Å². The van der Waals surface area contributed by atoms with E-state index in [-0.39, 0.29) is 11.9 Å². The maximum absolute atomic E-state index is 12.9. The number of rotatable bonds is 7. The second kappa shape index (κ2) is 10.6. The second-order valence-corrected chi connectivity index (χ2v) is 10.4. The average molecular weight is 489 g/mol. The zero-order valence-electron chi connectivity index (χ0n) is 20.2. The van der Waals surface area contributed by atoms with Gasteiger partial charge in [-0.3, -0.25) is 9.78 Å². The summed E-state index contributed by atoms with van der Waals surface area (Å²) in [6.45, 7) is 9.64. The maximum atomic E-state index is 12.9. The van der Waals surface area contributed by atoms with E-state index in [4.69, 9.17) is 9.40 Å². The van der Waals surface area contributed by atoms with Crippen LogP contribution in [0.3, 0.4) is 0 Å². The summed E-state index contributed by atoms with van der Waals surface area (Å²) in [6.07, 6.45) is 3.40. The Hall–Kier alpha value is -3.26. The number of pyridine rings is 1. The van der Waals surface area contributed by atoms with E-state index < -0.39 is 0 Å². The van der Waals surface area contributed by atoms with Gasteiger partial charge in [-0.1, -0.05) is 36.4 Å². The molecule has 0 bridgehead atoms. The summed E-state index contributed by atoms with van der Waals surface area (Å²) < 4.78 is 5.34. The molecule has 1 unspecified atom stereocenters. The van der Waals surface area contributed by atoms with Crippen LogP contribution in [0.4, 0.5) is 5.00 Å². The van der Waals surface area contributed by atoms with Crippen LogP contribution < -0.4 is 15.1 Å². The van der Waals surface area contributed by atoms with Gasteiger partial charge in [-0.2, -0.15) is 0 Å². The Morgan fingerprint density at radius 2 is 1.80 bits per heavy atom. The molecular weight excluding hydrogens is 456 g/mol. The lowest BCUT2D eigenvalue weighted by atomic mass is 9.97. The molecule has 0 radical (unpaired) electrons. The van der Waals surface area contributed by atoms with Crippen LogP contribution in [0.2, 0.25) is 0 Å². The summed E-state index contributed by atoms with van der Waals surface area (Å²) in [6, 6.07) is 20.4. The number of piperazine rings is 1. The highest BCUT2D eigenvalue weighted by molar-refractivity contribution is 7.16. The SMILES string of the molecule is Cc1sc(NC(=O)c2ccco2)c(C(c2ccccn2)[NH+]2CC[NH+](Cc3ccccc3)CC2)c1C. The molecule has 1 aliphatic rings. The van der Waals surface area contributed by atoms with Gasteiger partial charge in [-0.05, 0) is 43.7 Å². The minimum absolute atomic E-state index is 0.0614. The van der Waals surface area contributed by atoms with Crippen LogP contribution >= 0.6 is 11.3 Å². The number of hydrogen-bond acceptors (Lipinski definition) is 4. The van der Waals surface area contributed by atoms with Crippen LogP contribution in [-0.4, -0.2) is 37.1 Å². The van der Waals surface area contributed by atoms with Gasteiger partial charge < -0.3 is 19.5 Å². The van der Waals surface area contributed by atoms with E-state index in [1.165, 1.54) is 32.7 Å². The van der Waals surface area contributed by atoms with Crippen molar-refractivity contribution >= 4 is 22.2 Å². The van der Waals surface area contributed by atoms with Gasteiger partial charge in [0, 0.05) is 16.6 Å². The molecule has 35 heavy (non-hydrogen) atoms. The van der Waals surface area contributed by atoms with Crippen molar-refractivity contribution < 1.29 is 19.0 Å². The number of anilines is 1. The lowest BCUT2D eigenvalue weighted by Gasteiger charge is -2.35. The van der Waals surface area contributed by atoms with Crippen molar-refractivity contribution in [3.8, 4) is 0 Å². The van der Waals surface area contributed by atoms with E-state index >= 15 is 0 Å². The lowest BCUT2D eigenvalue weighted by molar-refractivity contribution is -1.03. The Bertz CT molecular complexity index is 1250. The van der Waals surface area contributed by atoms with E-state index in [1.807, 2.05) is 12.3 Å². The average Bonchev–Trinajstić information content (AvgIpc) is 3.52. The van der Waals surface area contributed by atoms with Gasteiger partial charge in [0.1, 0.15) is 43.4 Å². The van der Waals surface area contributed by atoms with Crippen molar-refractivity contribution in [2.75, 3.05) is 31.5 Å². The van der Waals surface area contributed by atoms with Crippen LogP contribution in [-0.2, 0) is 6.54 Å². The lowest BCUT2D eigenvalue weighted by Crippen LogP contribution is -3.27. The highest BCUT2D eigenvalue weighted by Gasteiger charge is 2.36. The van der Waals surface area contributed by atoms with Crippen molar-refractivity contribution in [2.24, 2.45) is 0 Å². The smallest absolute Gasteiger partial charge is 0.291 e. The zero-order chi connectivity index (χ0) is 24.2. The van der Waals surface area contributed by atoms with E-state index in [0.717, 1.165) is 43.4 Å². The molecule has 3 N–H and O–H groups in total. The molecule has 0 spiro atoms. The first-order valence-corrected chi connectivity index (χ1v) is 13.0. The van der Waals surface area contributed by atoms with Crippen LogP contribution in [0.25, 0.3) is 0 Å². The molecule has 4 heterocycles. The highest BCUT2D eigenvalue weighted by atomic mass is 32.1. The molecule has 6 nitrogen and oxygen atoms in total. The van der Waals surface area contributed by atoms with Crippen LogP contribution in [0.15, 0.2) is 77.5 Å². The van der Waals surface area contributed by atoms with Crippen molar-refractivity contribution in [3.05, 3.63) is 106 Å². The standard InChI is InChI=1S/C28H30N4O2S/c1-20-21(2)35-28(30-27(33)24-12-8-18-34-24)25(20)26(23-11-6-7-13-29-23)32-16-14-31(15-17-32)19-22-9-4-3-5-10-22/h3-13,18,26H,14-17,19H2,1-2H3,(H,30,33)/p+2. The van der Waals surface area contributed by atoms with Gasteiger partial charge in [0.25, 0.3) is 5.91 Å². The topological polar surface area (TPSA) is 64.0 Å². The van der Waals surface area contributed by atoms with Gasteiger partial charge in [0.2, 0.25) is 0 Å². The number of nitrogens with zero attached hydrogens (tertiary/aromatic N) is 1. The molecule has 0 saturated carbocycles. The fourth-order valence-electron chi connectivity index (χ4n) is 5.04. The number of carbonyl (C=O) groups excluding carboxylic acids is 1. The fourth-order valence-corrected chi connectivity index (χ4v) is 6.13. The van der Waals surface area contributed by atoms with Gasteiger partial charge in [0.05, 0.1) is 11.8 Å². The molecule has 0 aliphatic carbocycles. The number of quaternary nitrogens is 2. The fraction of sp³-hybridized carbons (Fsp3) is 0.286. The Labute approximate surface area is 210 Å². The molecule has 4 aromatic rings. The van der Waals surface area contributed by atoms with Gasteiger partial charge in [-0.25, -0.2) is 0 Å². The van der Waals surface area contributed by atoms with E-state index in [1.54, 1.807) is 28.4 Å². The van der Waals surface area contributed by atoms with Crippen LogP contribution in [0.1, 0.15) is 43.9 Å². The zero-order valence-corrected chi connectivity index (χ0v) is 21.0. The third-order valence-corrected chi connectivity index (χ3v) is 8.12. The molecule has 1 aliphatic heterocycles. The molecule has 1 fully saturated rings. The van der Waals surface area contributed by atoms with E-state index in [2.05, 4.69) is 61.6 Å². The quantitative estimate of drug-likeness (QED) is 0.375. The molecule has 1 aromatic carbocycles. The van der Waals surface area contributed by atoms with Crippen molar-refractivity contribution in [2.45, 2.75) is 26.4 Å². The number of aromatic nitrogens is 1. The van der Waals surface area contributed by atoms with Crippen molar-refractivity contribution in [3.63, 3.8) is 0 Å². The number of furan rings is 1. The second-order valence-electron chi connectivity index (χ2n) is 9.22. The number of amides is 1. The number of nitrogens with one attached hydrogen (secondary N) is 3. The van der Waals surface area contributed by atoms with Crippen molar-refractivity contribution in [1.82, 2.24) is 4.98 Å². The summed E-state index contributed by atoms with van der Waals surface area (Å²) in [7, 11) is 0. The molecule has 180 valence electrons. The Balaban J connectivity index is 1.42. The Kier molecular flexibility index (Phi) is 7.08. The Morgan fingerprint density at radius 1 is 1.03 bits per heavy atom. The summed E-state index contributed by atoms with van der Waals surface area (Å²) >= 11 is 1.64. The molecule has 7 heteroatoms. The largest absolute Gasteiger partial charge is 0.459 e. The third kappa shape index (κ3) is 5.22. The summed E-state index contributed by atoms with van der Waals surface area (Å²) in [5.74, 6) is 0.101. The van der Waals surface area contributed by atoms with Gasteiger partial charge >= 0.3 is 0 Å². The first kappa shape index (κ1) is 23.5. The number of benzene rings is 1. The van der Waals surface area contributed by atoms with Gasteiger partial charge in [-0.15, -0.1) is 11.3 Å². The number of thiophene rings is 1. The Morgan fingerprint density at radius 3 is 2.49 bits per heavy atom. The predicted molar refractivity (Wildman–Crippen MR) is 138 cm³/mol.